The van der Waals surface area contributed by atoms with Crippen molar-refractivity contribution >= 4 is 6.21 Å². The molecule has 0 fully saturated rings. The van der Waals surface area contributed by atoms with Crippen LogP contribution in [0.25, 0.3) is 0 Å². The van der Waals surface area contributed by atoms with Crippen molar-refractivity contribution in [2.45, 2.75) is 32.7 Å². The molecule has 1 rings (SSSR count). The summed E-state index contributed by atoms with van der Waals surface area (Å²) in [6, 6.07) is 9.80. The van der Waals surface area contributed by atoms with Crippen LogP contribution in [0.3, 0.4) is 0 Å². The van der Waals surface area contributed by atoms with Crippen LogP contribution in [0.2, 0.25) is 0 Å². The van der Waals surface area contributed by atoms with E-state index in [2.05, 4.69) is 19.1 Å². The number of rotatable bonds is 6. The van der Waals surface area contributed by atoms with Gasteiger partial charge in [-0.25, -0.2) is 4.74 Å². The minimum absolute atomic E-state index is 0.443. The van der Waals surface area contributed by atoms with Crippen molar-refractivity contribution in [3.8, 4) is 0 Å². The zero-order chi connectivity index (χ0) is 11.6. The van der Waals surface area contributed by atoms with E-state index in [1.807, 2.05) is 30.3 Å². The van der Waals surface area contributed by atoms with Gasteiger partial charge in [-0.3, -0.25) is 0 Å². The summed E-state index contributed by atoms with van der Waals surface area (Å²) in [4.78, 5) is 0. The largest absolute Gasteiger partial charge is 0.624 e. The standard InChI is InChI=1S/C14H19NO/c1-2-3-4-5-9-12-15(16)13-14-10-7-6-8-11-14/h3-4,6-8,10-12H,2,5,9,13H2,1H3/b4-3-,15-12?. The van der Waals surface area contributed by atoms with E-state index in [1.54, 1.807) is 6.21 Å². The first kappa shape index (κ1) is 12.5. The van der Waals surface area contributed by atoms with E-state index in [-0.39, 0.29) is 0 Å². The molecule has 0 atom stereocenters. The first-order valence-electron chi connectivity index (χ1n) is 5.79. The van der Waals surface area contributed by atoms with Gasteiger partial charge in [-0.15, -0.1) is 0 Å². The van der Waals surface area contributed by atoms with Gasteiger partial charge in [-0.05, 0) is 12.8 Å². The van der Waals surface area contributed by atoms with Crippen LogP contribution in [0, 0.1) is 5.21 Å². The Hall–Kier alpha value is -1.57. The second-order valence-electron chi connectivity index (χ2n) is 3.70. The maximum Gasteiger partial charge on any atom is 0.178 e. The van der Waals surface area contributed by atoms with Crippen LogP contribution in [0.1, 0.15) is 31.7 Å². The van der Waals surface area contributed by atoms with Crippen LogP contribution >= 0.6 is 0 Å². The molecule has 0 aliphatic carbocycles. The molecule has 1 aromatic carbocycles. The normalized spacial score (nSPS) is 12.2. The number of hydrogen-bond donors (Lipinski definition) is 0. The van der Waals surface area contributed by atoms with E-state index in [0.29, 0.717) is 6.54 Å². The van der Waals surface area contributed by atoms with E-state index < -0.39 is 0 Å². The maximum absolute atomic E-state index is 11.5. The van der Waals surface area contributed by atoms with Crippen LogP contribution in [0.5, 0.6) is 0 Å². The van der Waals surface area contributed by atoms with Crippen LogP contribution in [0.4, 0.5) is 0 Å². The predicted octanol–water partition coefficient (Wildman–Crippen LogP) is 3.51. The molecule has 0 radical (unpaired) electrons. The molecule has 0 bridgehead atoms. The van der Waals surface area contributed by atoms with Crippen LogP contribution in [-0.2, 0) is 6.54 Å². The van der Waals surface area contributed by atoms with Gasteiger partial charge in [0, 0.05) is 12.0 Å². The molecule has 2 heteroatoms. The van der Waals surface area contributed by atoms with Crippen LogP contribution < -0.4 is 0 Å². The molecule has 16 heavy (non-hydrogen) atoms. The molecular weight excluding hydrogens is 198 g/mol. The third-order valence-corrected chi connectivity index (χ3v) is 2.25. The van der Waals surface area contributed by atoms with Gasteiger partial charge in [-0.1, -0.05) is 49.4 Å². The summed E-state index contributed by atoms with van der Waals surface area (Å²) >= 11 is 0. The number of benzene rings is 1. The smallest absolute Gasteiger partial charge is 0.178 e. The molecule has 2 nitrogen and oxygen atoms in total. The topological polar surface area (TPSA) is 26.1 Å². The van der Waals surface area contributed by atoms with E-state index >= 15 is 0 Å². The lowest BCUT2D eigenvalue weighted by Gasteiger charge is -2.03. The molecule has 0 saturated carbocycles. The Labute approximate surface area is 97.5 Å². The Kier molecular flexibility index (Phi) is 6.00. The molecule has 0 aliphatic heterocycles. The van der Waals surface area contributed by atoms with Crippen molar-refractivity contribution in [2.24, 2.45) is 0 Å². The maximum atomic E-state index is 11.5. The lowest BCUT2D eigenvalue weighted by atomic mass is 10.2. The molecule has 0 amide bonds. The van der Waals surface area contributed by atoms with Gasteiger partial charge >= 0.3 is 0 Å². The summed E-state index contributed by atoms with van der Waals surface area (Å²) in [5.41, 5.74) is 1.05. The highest BCUT2D eigenvalue weighted by Crippen LogP contribution is 1.99. The van der Waals surface area contributed by atoms with E-state index in [9.17, 15) is 5.21 Å². The molecule has 0 heterocycles. The molecule has 0 unspecified atom stereocenters. The first-order chi connectivity index (χ1) is 7.83. The molecule has 0 spiro atoms. The lowest BCUT2D eigenvalue weighted by Crippen LogP contribution is -2.04. The Bertz CT molecular complexity index is 341. The SMILES string of the molecule is CC/C=C\CCC=[N+]([O-])Cc1ccccc1. The van der Waals surface area contributed by atoms with Crippen LogP contribution in [-0.4, -0.2) is 11.0 Å². The first-order valence-corrected chi connectivity index (χ1v) is 5.79. The Balaban J connectivity index is 2.32. The second kappa shape index (κ2) is 7.69. The monoisotopic (exact) mass is 217 g/mol. The highest BCUT2D eigenvalue weighted by molar-refractivity contribution is 5.51. The summed E-state index contributed by atoms with van der Waals surface area (Å²) in [5, 5.41) is 11.5. The van der Waals surface area contributed by atoms with Crippen molar-refractivity contribution in [2.75, 3.05) is 0 Å². The third kappa shape index (κ3) is 5.35. The molecular formula is C14H19NO. The van der Waals surface area contributed by atoms with Crippen molar-refractivity contribution in [3.05, 3.63) is 53.3 Å². The highest BCUT2D eigenvalue weighted by Gasteiger charge is 1.95. The van der Waals surface area contributed by atoms with Gasteiger partial charge in [0.15, 0.2) is 12.8 Å². The van der Waals surface area contributed by atoms with E-state index in [0.717, 1.165) is 29.6 Å². The summed E-state index contributed by atoms with van der Waals surface area (Å²) in [6.07, 6.45) is 8.78. The van der Waals surface area contributed by atoms with Gasteiger partial charge in [0.2, 0.25) is 0 Å². The summed E-state index contributed by atoms with van der Waals surface area (Å²) in [6.45, 7) is 2.55. The van der Waals surface area contributed by atoms with Gasteiger partial charge < -0.3 is 5.21 Å². The van der Waals surface area contributed by atoms with Gasteiger partial charge in [-0.2, -0.15) is 0 Å². The third-order valence-electron chi connectivity index (χ3n) is 2.25. The Morgan fingerprint density at radius 2 is 1.88 bits per heavy atom. The summed E-state index contributed by atoms with van der Waals surface area (Å²) < 4.78 is 1.01. The van der Waals surface area contributed by atoms with Crippen LogP contribution in [0.15, 0.2) is 42.5 Å². The fraction of sp³-hybridized carbons (Fsp3) is 0.357. The van der Waals surface area contributed by atoms with Crippen molar-refractivity contribution < 1.29 is 4.74 Å². The van der Waals surface area contributed by atoms with E-state index in [1.165, 1.54) is 0 Å². The molecule has 0 aromatic heterocycles. The molecule has 1 aromatic rings. The summed E-state index contributed by atoms with van der Waals surface area (Å²) in [7, 11) is 0. The number of nitrogens with zero attached hydrogens (tertiary/aromatic N) is 1. The number of hydroxylamine groups is 1. The molecule has 86 valence electrons. The minimum atomic E-state index is 0.443. The van der Waals surface area contributed by atoms with Crippen molar-refractivity contribution in [1.29, 1.82) is 0 Å². The Morgan fingerprint density at radius 1 is 1.12 bits per heavy atom. The molecule has 0 saturated heterocycles. The fourth-order valence-electron chi connectivity index (χ4n) is 1.43. The van der Waals surface area contributed by atoms with E-state index in [4.69, 9.17) is 0 Å². The van der Waals surface area contributed by atoms with Crippen molar-refractivity contribution in [1.82, 2.24) is 0 Å². The Morgan fingerprint density at radius 3 is 2.56 bits per heavy atom. The minimum Gasteiger partial charge on any atom is -0.624 e. The summed E-state index contributed by atoms with van der Waals surface area (Å²) in [5.74, 6) is 0. The average molecular weight is 217 g/mol. The number of allylic oxidation sites excluding steroid dienone is 2. The van der Waals surface area contributed by atoms with Crippen molar-refractivity contribution in [3.63, 3.8) is 0 Å². The quantitative estimate of drug-likeness (QED) is 0.179. The molecule has 0 aliphatic rings. The number of hydrogen-bond acceptors (Lipinski definition) is 1. The molecule has 0 N–H and O–H groups in total. The fourth-order valence-corrected chi connectivity index (χ4v) is 1.43. The van der Waals surface area contributed by atoms with Gasteiger partial charge in [0.25, 0.3) is 0 Å². The van der Waals surface area contributed by atoms with Gasteiger partial charge in [0.05, 0.1) is 0 Å². The lowest BCUT2D eigenvalue weighted by molar-refractivity contribution is -0.471. The zero-order valence-electron chi connectivity index (χ0n) is 9.80. The van der Waals surface area contributed by atoms with Gasteiger partial charge in [0.1, 0.15) is 0 Å². The predicted molar refractivity (Wildman–Crippen MR) is 68.5 cm³/mol. The zero-order valence-corrected chi connectivity index (χ0v) is 9.80. The second-order valence-corrected chi connectivity index (χ2v) is 3.70. The number of unbranched alkanes of at least 4 members (excludes halogenated alkanes) is 1. The average Bonchev–Trinajstić information content (AvgIpc) is 2.30. The highest BCUT2D eigenvalue weighted by atomic mass is 16.5.